The van der Waals surface area contributed by atoms with Crippen molar-refractivity contribution < 1.29 is 9.18 Å². The number of carbonyl (C=O) groups excluding carboxylic acids is 1. The summed E-state index contributed by atoms with van der Waals surface area (Å²) in [5, 5.41) is 2.93. The van der Waals surface area contributed by atoms with Crippen LogP contribution in [0.2, 0.25) is 0 Å². The van der Waals surface area contributed by atoms with Crippen LogP contribution in [0.3, 0.4) is 0 Å². The highest BCUT2D eigenvalue weighted by molar-refractivity contribution is 5.95. The molecule has 1 aliphatic rings. The molecule has 2 N–H and O–H groups in total. The first-order valence-electron chi connectivity index (χ1n) is 10.4. The van der Waals surface area contributed by atoms with Gasteiger partial charge in [0.2, 0.25) is 5.95 Å². The summed E-state index contributed by atoms with van der Waals surface area (Å²) in [6, 6.07) is 13.8. The number of benzene rings is 2. The van der Waals surface area contributed by atoms with Crippen LogP contribution < -0.4 is 15.8 Å². The normalized spacial score (nSPS) is 16.2. The summed E-state index contributed by atoms with van der Waals surface area (Å²) < 4.78 is 14.7. The van der Waals surface area contributed by atoms with Gasteiger partial charge < -0.3 is 10.2 Å². The molecular weight excluding hydrogens is 395 g/mol. The van der Waals surface area contributed by atoms with E-state index in [1.54, 1.807) is 13.0 Å². The molecule has 31 heavy (non-hydrogen) atoms. The fourth-order valence-electron chi connectivity index (χ4n) is 3.89. The van der Waals surface area contributed by atoms with E-state index in [-0.39, 0.29) is 17.2 Å². The Labute approximate surface area is 180 Å². The van der Waals surface area contributed by atoms with E-state index in [0.29, 0.717) is 18.2 Å². The van der Waals surface area contributed by atoms with Gasteiger partial charge in [0.15, 0.2) is 0 Å². The standard InChI is InChI=1S/C24H25FN4O2/c1-15-5-7-17(8-6-15)18-9-10-20(21(25)13-18)23(31)27-19-4-3-11-29(14-19)24-26-16(2)12-22(30)28-24/h5-10,12-13,19H,3-4,11,14H2,1-2H3,(H,27,31)(H,26,28,30). The Kier molecular flexibility index (Phi) is 5.84. The summed E-state index contributed by atoms with van der Waals surface area (Å²) in [5.41, 5.74) is 3.22. The minimum Gasteiger partial charge on any atom is -0.347 e. The van der Waals surface area contributed by atoms with E-state index in [1.165, 1.54) is 18.2 Å². The number of nitrogens with one attached hydrogen (secondary N) is 2. The van der Waals surface area contributed by atoms with Gasteiger partial charge in [0.1, 0.15) is 5.82 Å². The zero-order valence-corrected chi connectivity index (χ0v) is 17.6. The zero-order chi connectivity index (χ0) is 22.0. The highest BCUT2D eigenvalue weighted by Crippen LogP contribution is 2.23. The van der Waals surface area contributed by atoms with Gasteiger partial charge in [-0.1, -0.05) is 35.9 Å². The van der Waals surface area contributed by atoms with Crippen molar-refractivity contribution in [1.29, 1.82) is 0 Å². The Hall–Kier alpha value is -3.48. The van der Waals surface area contributed by atoms with Crippen LogP contribution in [0.15, 0.2) is 53.3 Å². The number of rotatable bonds is 4. The molecule has 0 aliphatic carbocycles. The summed E-state index contributed by atoms with van der Waals surface area (Å²) in [5.74, 6) is -0.490. The smallest absolute Gasteiger partial charge is 0.254 e. The summed E-state index contributed by atoms with van der Waals surface area (Å²) in [6.45, 7) is 5.00. The van der Waals surface area contributed by atoms with Gasteiger partial charge in [0, 0.05) is 30.9 Å². The maximum absolute atomic E-state index is 14.7. The van der Waals surface area contributed by atoms with Crippen molar-refractivity contribution in [2.75, 3.05) is 18.0 Å². The summed E-state index contributed by atoms with van der Waals surface area (Å²) in [4.78, 5) is 33.6. The first-order chi connectivity index (χ1) is 14.9. The predicted molar refractivity (Wildman–Crippen MR) is 119 cm³/mol. The lowest BCUT2D eigenvalue weighted by Crippen LogP contribution is -2.48. The molecule has 1 fully saturated rings. The largest absolute Gasteiger partial charge is 0.347 e. The van der Waals surface area contributed by atoms with Crippen LogP contribution in [-0.2, 0) is 0 Å². The second-order valence-electron chi connectivity index (χ2n) is 8.03. The van der Waals surface area contributed by atoms with Crippen molar-refractivity contribution >= 4 is 11.9 Å². The van der Waals surface area contributed by atoms with Gasteiger partial charge in [0.05, 0.1) is 5.56 Å². The van der Waals surface area contributed by atoms with Crippen molar-refractivity contribution in [2.24, 2.45) is 0 Å². The molecule has 1 saturated heterocycles. The number of anilines is 1. The maximum atomic E-state index is 14.7. The SMILES string of the molecule is Cc1ccc(-c2ccc(C(=O)NC3CCCN(c4nc(C)cc(=O)[nH]4)C3)c(F)c2)cc1. The molecule has 0 bridgehead atoms. The molecule has 160 valence electrons. The lowest BCUT2D eigenvalue weighted by Gasteiger charge is -2.33. The van der Waals surface area contributed by atoms with E-state index >= 15 is 0 Å². The number of nitrogens with zero attached hydrogens (tertiary/aromatic N) is 2. The average Bonchev–Trinajstić information content (AvgIpc) is 2.73. The number of aromatic amines is 1. The van der Waals surface area contributed by atoms with Crippen molar-refractivity contribution in [3.8, 4) is 11.1 Å². The van der Waals surface area contributed by atoms with Gasteiger partial charge in [-0.3, -0.25) is 14.6 Å². The van der Waals surface area contributed by atoms with E-state index in [0.717, 1.165) is 36.1 Å². The van der Waals surface area contributed by atoms with E-state index in [4.69, 9.17) is 0 Å². The average molecular weight is 420 g/mol. The van der Waals surface area contributed by atoms with E-state index < -0.39 is 11.7 Å². The molecule has 2 aromatic carbocycles. The molecule has 3 aromatic rings. The monoisotopic (exact) mass is 420 g/mol. The molecule has 0 saturated carbocycles. The number of hydrogen-bond acceptors (Lipinski definition) is 4. The topological polar surface area (TPSA) is 78.1 Å². The third-order valence-corrected chi connectivity index (χ3v) is 5.51. The lowest BCUT2D eigenvalue weighted by molar-refractivity contribution is 0.0929. The molecule has 0 spiro atoms. The van der Waals surface area contributed by atoms with Gasteiger partial charge in [-0.25, -0.2) is 9.37 Å². The van der Waals surface area contributed by atoms with Crippen molar-refractivity contribution in [2.45, 2.75) is 32.7 Å². The molecule has 1 aromatic heterocycles. The van der Waals surface area contributed by atoms with Crippen LogP contribution in [0.25, 0.3) is 11.1 Å². The highest BCUT2D eigenvalue weighted by atomic mass is 19.1. The van der Waals surface area contributed by atoms with E-state index in [2.05, 4.69) is 15.3 Å². The van der Waals surface area contributed by atoms with Crippen LogP contribution in [0.1, 0.15) is 34.5 Å². The zero-order valence-electron chi connectivity index (χ0n) is 17.6. The minimum atomic E-state index is -0.548. The first-order valence-corrected chi connectivity index (χ1v) is 10.4. The fraction of sp³-hybridized carbons (Fsp3) is 0.292. The Morgan fingerprint density at radius 3 is 2.58 bits per heavy atom. The van der Waals surface area contributed by atoms with Gasteiger partial charge in [0.25, 0.3) is 11.5 Å². The van der Waals surface area contributed by atoms with Gasteiger partial charge in [-0.05, 0) is 49.9 Å². The van der Waals surface area contributed by atoms with Crippen LogP contribution in [0.5, 0.6) is 0 Å². The third-order valence-electron chi connectivity index (χ3n) is 5.51. The summed E-state index contributed by atoms with van der Waals surface area (Å²) in [7, 11) is 0. The number of aromatic nitrogens is 2. The van der Waals surface area contributed by atoms with Crippen molar-refractivity contribution in [1.82, 2.24) is 15.3 Å². The summed E-state index contributed by atoms with van der Waals surface area (Å²) >= 11 is 0. The van der Waals surface area contributed by atoms with Gasteiger partial charge >= 0.3 is 0 Å². The second-order valence-corrected chi connectivity index (χ2v) is 8.03. The number of piperidine rings is 1. The van der Waals surface area contributed by atoms with Crippen molar-refractivity contribution in [3.05, 3.63) is 81.5 Å². The molecule has 1 atom stereocenters. The molecule has 4 rings (SSSR count). The maximum Gasteiger partial charge on any atom is 0.254 e. The quantitative estimate of drug-likeness (QED) is 0.676. The Morgan fingerprint density at radius 1 is 1.13 bits per heavy atom. The lowest BCUT2D eigenvalue weighted by atomic mass is 10.0. The molecule has 1 aliphatic heterocycles. The van der Waals surface area contributed by atoms with Crippen LogP contribution in [0, 0.1) is 19.7 Å². The molecule has 2 heterocycles. The van der Waals surface area contributed by atoms with E-state index in [9.17, 15) is 14.0 Å². The highest BCUT2D eigenvalue weighted by Gasteiger charge is 2.24. The van der Waals surface area contributed by atoms with Gasteiger partial charge in [-0.15, -0.1) is 0 Å². The Morgan fingerprint density at radius 2 is 1.87 bits per heavy atom. The fourth-order valence-corrected chi connectivity index (χ4v) is 3.89. The van der Waals surface area contributed by atoms with E-state index in [1.807, 2.05) is 36.1 Å². The number of halogens is 1. The number of aryl methyl sites for hydroxylation is 2. The molecule has 6 nitrogen and oxygen atoms in total. The number of amides is 1. The number of carbonyl (C=O) groups is 1. The Balaban J connectivity index is 1.46. The molecule has 0 radical (unpaired) electrons. The number of H-pyrrole nitrogens is 1. The molecule has 1 unspecified atom stereocenters. The van der Waals surface area contributed by atoms with Crippen LogP contribution >= 0.6 is 0 Å². The van der Waals surface area contributed by atoms with Crippen molar-refractivity contribution in [3.63, 3.8) is 0 Å². The second kappa shape index (κ2) is 8.71. The molecule has 7 heteroatoms. The first kappa shape index (κ1) is 20.8. The minimum absolute atomic E-state index is 0.0232. The Bertz CT molecular complexity index is 1160. The van der Waals surface area contributed by atoms with Gasteiger partial charge in [-0.2, -0.15) is 0 Å². The molecule has 1 amide bonds. The van der Waals surface area contributed by atoms with Crippen LogP contribution in [0.4, 0.5) is 10.3 Å². The third kappa shape index (κ3) is 4.82. The number of hydrogen-bond donors (Lipinski definition) is 2. The summed E-state index contributed by atoms with van der Waals surface area (Å²) in [6.07, 6.45) is 1.61. The predicted octanol–water partition coefficient (Wildman–Crippen LogP) is 3.59. The van der Waals surface area contributed by atoms with Crippen LogP contribution in [-0.4, -0.2) is 35.0 Å². The molecular formula is C24H25FN4O2.